The van der Waals surface area contributed by atoms with E-state index in [0.717, 1.165) is 0 Å². The number of nitrogen functional groups attached to an aromatic ring is 1. The van der Waals surface area contributed by atoms with Crippen molar-refractivity contribution < 1.29 is 9.53 Å². The third-order valence-electron chi connectivity index (χ3n) is 2.25. The zero-order valence-corrected chi connectivity index (χ0v) is 9.23. The van der Waals surface area contributed by atoms with Crippen LogP contribution >= 0.6 is 0 Å². The molecule has 0 spiro atoms. The van der Waals surface area contributed by atoms with Gasteiger partial charge in [0, 0.05) is 11.9 Å². The summed E-state index contributed by atoms with van der Waals surface area (Å²) in [5.74, 6) is 0.328. The van der Waals surface area contributed by atoms with Gasteiger partial charge in [0.15, 0.2) is 0 Å². The fraction of sp³-hybridized carbons (Fsp3) is 0.0909. The largest absolute Gasteiger partial charge is 0.495 e. The molecule has 0 bridgehead atoms. The number of ether oxygens (including phenoxy) is 1. The molecule has 0 fully saturated rings. The summed E-state index contributed by atoms with van der Waals surface area (Å²) in [7, 11) is 1.54. The van der Waals surface area contributed by atoms with Crippen LogP contribution < -0.4 is 15.8 Å². The van der Waals surface area contributed by atoms with E-state index in [0.29, 0.717) is 22.7 Å². The molecule has 6 heteroatoms. The fourth-order valence-corrected chi connectivity index (χ4v) is 1.39. The number of carbonyl (C=O) groups excluding carboxylic acids is 1. The molecule has 4 N–H and O–H groups in total. The molecular weight excluding hydrogens is 220 g/mol. The van der Waals surface area contributed by atoms with E-state index in [1.54, 1.807) is 18.2 Å². The predicted octanol–water partition coefficient (Wildman–Crippen LogP) is 1.25. The second-order valence-corrected chi connectivity index (χ2v) is 3.40. The summed E-state index contributed by atoms with van der Waals surface area (Å²) in [6.45, 7) is 0. The quantitative estimate of drug-likeness (QED) is 0.694. The maximum atomic E-state index is 11.7. The minimum absolute atomic E-state index is 0.247. The average Bonchev–Trinajstić information content (AvgIpc) is 2.82. The Labute approximate surface area is 97.8 Å². The monoisotopic (exact) mass is 232 g/mol. The number of benzene rings is 1. The molecule has 0 aliphatic rings. The first kappa shape index (κ1) is 11.0. The van der Waals surface area contributed by atoms with E-state index in [-0.39, 0.29) is 5.91 Å². The van der Waals surface area contributed by atoms with E-state index < -0.39 is 0 Å². The molecule has 1 heterocycles. The van der Waals surface area contributed by atoms with Crippen molar-refractivity contribution in [3.8, 4) is 5.75 Å². The summed E-state index contributed by atoms with van der Waals surface area (Å²) in [4.78, 5) is 11.7. The molecule has 6 nitrogen and oxygen atoms in total. The molecule has 0 aliphatic heterocycles. The fourth-order valence-electron chi connectivity index (χ4n) is 1.39. The Balaban J connectivity index is 2.14. The van der Waals surface area contributed by atoms with E-state index in [9.17, 15) is 4.79 Å². The minimum Gasteiger partial charge on any atom is -0.495 e. The van der Waals surface area contributed by atoms with E-state index in [1.165, 1.54) is 19.5 Å². The van der Waals surface area contributed by atoms with Crippen LogP contribution in [0.5, 0.6) is 5.75 Å². The highest BCUT2D eigenvalue weighted by molar-refractivity contribution is 6.04. The summed E-state index contributed by atoms with van der Waals surface area (Å²) >= 11 is 0. The molecule has 0 atom stereocenters. The Hall–Kier alpha value is -2.50. The first-order chi connectivity index (χ1) is 8.20. The van der Waals surface area contributed by atoms with Gasteiger partial charge in [0.25, 0.3) is 5.91 Å². The van der Waals surface area contributed by atoms with E-state index in [4.69, 9.17) is 10.5 Å². The molecule has 0 saturated carbocycles. The van der Waals surface area contributed by atoms with Crippen LogP contribution in [0.3, 0.4) is 0 Å². The van der Waals surface area contributed by atoms with Crippen LogP contribution in [0.25, 0.3) is 0 Å². The van der Waals surface area contributed by atoms with Crippen LogP contribution in [-0.4, -0.2) is 23.2 Å². The van der Waals surface area contributed by atoms with Crippen LogP contribution in [0.1, 0.15) is 10.4 Å². The molecule has 2 rings (SSSR count). The molecule has 0 unspecified atom stereocenters. The second-order valence-electron chi connectivity index (χ2n) is 3.40. The zero-order chi connectivity index (χ0) is 12.3. The number of methoxy groups -OCH3 is 1. The van der Waals surface area contributed by atoms with Gasteiger partial charge in [0.2, 0.25) is 0 Å². The number of anilines is 2. The zero-order valence-electron chi connectivity index (χ0n) is 9.23. The lowest BCUT2D eigenvalue weighted by Gasteiger charge is -2.07. The number of H-pyrrole nitrogens is 1. The Morgan fingerprint density at radius 2 is 2.35 bits per heavy atom. The second kappa shape index (κ2) is 4.56. The van der Waals surface area contributed by atoms with Crippen molar-refractivity contribution in [3.05, 3.63) is 36.2 Å². The summed E-state index contributed by atoms with van der Waals surface area (Å²) in [5, 5.41) is 8.97. The first-order valence-corrected chi connectivity index (χ1v) is 4.94. The Bertz CT molecular complexity index is 522. The number of rotatable bonds is 3. The third-order valence-corrected chi connectivity index (χ3v) is 2.25. The number of amides is 1. The molecule has 1 aromatic carbocycles. The number of hydrogen-bond acceptors (Lipinski definition) is 4. The summed E-state index contributed by atoms with van der Waals surface area (Å²) in [5.41, 5.74) is 7.27. The number of aromatic amines is 1. The predicted molar refractivity (Wildman–Crippen MR) is 63.9 cm³/mol. The maximum Gasteiger partial charge on any atom is 0.258 e. The van der Waals surface area contributed by atoms with E-state index >= 15 is 0 Å². The van der Waals surface area contributed by atoms with Gasteiger partial charge in [-0.3, -0.25) is 9.89 Å². The minimum atomic E-state index is -0.247. The third kappa shape index (κ3) is 2.36. The van der Waals surface area contributed by atoms with Crippen LogP contribution in [0, 0.1) is 0 Å². The Morgan fingerprint density at radius 3 is 2.94 bits per heavy atom. The number of hydrogen-bond donors (Lipinski definition) is 3. The maximum absolute atomic E-state index is 11.7. The van der Waals surface area contributed by atoms with Gasteiger partial charge < -0.3 is 15.8 Å². The van der Waals surface area contributed by atoms with Crippen molar-refractivity contribution in [1.82, 2.24) is 10.2 Å². The highest BCUT2D eigenvalue weighted by atomic mass is 16.5. The van der Waals surface area contributed by atoms with Crippen molar-refractivity contribution >= 4 is 17.3 Å². The Kier molecular flexibility index (Phi) is 2.95. The summed E-state index contributed by atoms with van der Waals surface area (Å²) in [6, 6.07) is 5.05. The summed E-state index contributed by atoms with van der Waals surface area (Å²) < 4.78 is 5.02. The number of nitrogens with zero attached hydrogens (tertiary/aromatic N) is 1. The van der Waals surface area contributed by atoms with Crippen molar-refractivity contribution in [3.63, 3.8) is 0 Å². The standard InChI is InChI=1S/C11H12N4O2/c1-17-10-3-2-8(4-9(10)12)15-11(16)7-5-13-14-6-7/h2-6H,12H2,1H3,(H,13,14)(H,15,16). The normalized spacial score (nSPS) is 9.94. The molecule has 2 aromatic rings. The van der Waals surface area contributed by atoms with Gasteiger partial charge in [-0.15, -0.1) is 0 Å². The number of nitrogens with two attached hydrogens (primary N) is 1. The molecule has 0 aliphatic carbocycles. The van der Waals surface area contributed by atoms with Gasteiger partial charge in [0.05, 0.1) is 24.6 Å². The van der Waals surface area contributed by atoms with E-state index in [1.807, 2.05) is 0 Å². The van der Waals surface area contributed by atoms with Crippen LogP contribution in [-0.2, 0) is 0 Å². The van der Waals surface area contributed by atoms with Crippen LogP contribution in [0.4, 0.5) is 11.4 Å². The number of nitrogens with one attached hydrogen (secondary N) is 2. The van der Waals surface area contributed by atoms with Crippen molar-refractivity contribution in [2.75, 3.05) is 18.2 Å². The number of aromatic nitrogens is 2. The molecule has 0 saturated heterocycles. The lowest BCUT2D eigenvalue weighted by Crippen LogP contribution is -2.11. The average molecular weight is 232 g/mol. The van der Waals surface area contributed by atoms with Gasteiger partial charge in [-0.05, 0) is 18.2 Å². The molecule has 17 heavy (non-hydrogen) atoms. The lowest BCUT2D eigenvalue weighted by atomic mass is 10.2. The topological polar surface area (TPSA) is 93.0 Å². The SMILES string of the molecule is COc1ccc(NC(=O)c2cn[nH]c2)cc1N. The highest BCUT2D eigenvalue weighted by Crippen LogP contribution is 2.24. The number of carbonyl (C=O) groups is 1. The molecule has 88 valence electrons. The van der Waals surface area contributed by atoms with Gasteiger partial charge in [-0.1, -0.05) is 0 Å². The first-order valence-electron chi connectivity index (χ1n) is 4.94. The smallest absolute Gasteiger partial charge is 0.258 e. The molecule has 0 radical (unpaired) electrons. The van der Waals surface area contributed by atoms with Gasteiger partial charge in [-0.2, -0.15) is 5.10 Å². The van der Waals surface area contributed by atoms with Crippen molar-refractivity contribution in [2.45, 2.75) is 0 Å². The molecule has 1 aromatic heterocycles. The van der Waals surface area contributed by atoms with Gasteiger partial charge in [0.1, 0.15) is 5.75 Å². The van der Waals surface area contributed by atoms with Crippen molar-refractivity contribution in [2.24, 2.45) is 0 Å². The van der Waals surface area contributed by atoms with E-state index in [2.05, 4.69) is 15.5 Å². The Morgan fingerprint density at radius 1 is 1.53 bits per heavy atom. The molecular formula is C11H12N4O2. The van der Waals surface area contributed by atoms with Gasteiger partial charge >= 0.3 is 0 Å². The molecule has 1 amide bonds. The highest BCUT2D eigenvalue weighted by Gasteiger charge is 2.08. The van der Waals surface area contributed by atoms with Gasteiger partial charge in [-0.25, -0.2) is 0 Å². The van der Waals surface area contributed by atoms with Crippen molar-refractivity contribution in [1.29, 1.82) is 0 Å². The van der Waals surface area contributed by atoms with Crippen LogP contribution in [0.15, 0.2) is 30.6 Å². The lowest BCUT2D eigenvalue weighted by molar-refractivity contribution is 0.102. The summed E-state index contributed by atoms with van der Waals surface area (Å²) in [6.07, 6.45) is 2.96. The van der Waals surface area contributed by atoms with Crippen LogP contribution in [0.2, 0.25) is 0 Å².